The molecule has 0 saturated heterocycles. The third-order valence-corrected chi connectivity index (χ3v) is 3.26. The van der Waals surface area contributed by atoms with E-state index in [-0.39, 0.29) is 0 Å². The molecule has 0 heteroatoms. The van der Waals surface area contributed by atoms with Crippen LogP contribution in [0.5, 0.6) is 0 Å². The van der Waals surface area contributed by atoms with E-state index in [4.69, 9.17) is 0 Å². The lowest BCUT2D eigenvalue weighted by Crippen LogP contribution is -2.15. The van der Waals surface area contributed by atoms with Gasteiger partial charge in [-0.05, 0) is 29.1 Å². The SMILES string of the molecule is CC(C)(C)CC1(C)CC1(C)C. The van der Waals surface area contributed by atoms with Crippen molar-refractivity contribution in [2.45, 2.75) is 54.4 Å². The van der Waals surface area contributed by atoms with Crippen molar-refractivity contribution in [2.75, 3.05) is 0 Å². The third-order valence-electron chi connectivity index (χ3n) is 3.26. The maximum Gasteiger partial charge on any atom is -0.0264 e. The second-order valence-corrected chi connectivity index (χ2v) is 6.36. The maximum absolute atomic E-state index is 2.43. The Bertz CT molecular complexity index is 159. The van der Waals surface area contributed by atoms with Crippen LogP contribution in [0.2, 0.25) is 0 Å². The van der Waals surface area contributed by atoms with Crippen LogP contribution in [0.1, 0.15) is 54.4 Å². The zero-order valence-electron chi connectivity index (χ0n) is 8.91. The molecule has 1 aliphatic carbocycles. The van der Waals surface area contributed by atoms with Crippen LogP contribution in [-0.4, -0.2) is 0 Å². The molecule has 0 aromatic carbocycles. The zero-order valence-corrected chi connectivity index (χ0v) is 8.91. The van der Waals surface area contributed by atoms with Crippen LogP contribution in [0.4, 0.5) is 0 Å². The predicted molar refractivity (Wildman–Crippen MR) is 50.6 cm³/mol. The van der Waals surface area contributed by atoms with Crippen LogP contribution in [-0.2, 0) is 0 Å². The van der Waals surface area contributed by atoms with E-state index in [1.807, 2.05) is 0 Å². The van der Waals surface area contributed by atoms with Gasteiger partial charge in [0.05, 0.1) is 0 Å². The summed E-state index contributed by atoms with van der Waals surface area (Å²) in [5.74, 6) is 0. The Morgan fingerprint density at radius 1 is 1.09 bits per heavy atom. The van der Waals surface area contributed by atoms with Gasteiger partial charge in [0.15, 0.2) is 0 Å². The Kier molecular flexibility index (Phi) is 1.67. The van der Waals surface area contributed by atoms with E-state index in [1.165, 1.54) is 12.8 Å². The van der Waals surface area contributed by atoms with Crippen LogP contribution in [0, 0.1) is 16.2 Å². The fraction of sp³-hybridized carbons (Fsp3) is 1.00. The third kappa shape index (κ3) is 1.77. The van der Waals surface area contributed by atoms with Crippen molar-refractivity contribution in [2.24, 2.45) is 16.2 Å². The molecule has 1 aliphatic rings. The summed E-state index contributed by atoms with van der Waals surface area (Å²) in [6, 6.07) is 0. The molecule has 66 valence electrons. The minimum atomic E-state index is 0.502. The van der Waals surface area contributed by atoms with Crippen molar-refractivity contribution >= 4 is 0 Å². The maximum atomic E-state index is 2.43. The van der Waals surface area contributed by atoms with Crippen LogP contribution < -0.4 is 0 Å². The molecule has 1 unspecified atom stereocenters. The van der Waals surface area contributed by atoms with Gasteiger partial charge in [0.2, 0.25) is 0 Å². The lowest BCUT2D eigenvalue weighted by Gasteiger charge is -2.25. The molecule has 1 fully saturated rings. The summed E-state index contributed by atoms with van der Waals surface area (Å²) in [5, 5.41) is 0. The van der Waals surface area contributed by atoms with E-state index in [0.29, 0.717) is 16.2 Å². The van der Waals surface area contributed by atoms with Crippen LogP contribution >= 0.6 is 0 Å². The lowest BCUT2D eigenvalue weighted by molar-refractivity contribution is 0.252. The minimum absolute atomic E-state index is 0.502. The molecule has 0 amide bonds. The van der Waals surface area contributed by atoms with E-state index < -0.39 is 0 Å². The molecule has 0 N–H and O–H groups in total. The molecule has 0 heterocycles. The van der Waals surface area contributed by atoms with Gasteiger partial charge in [0, 0.05) is 0 Å². The molecule has 1 rings (SSSR count). The molecule has 0 aromatic rings. The van der Waals surface area contributed by atoms with E-state index in [2.05, 4.69) is 41.5 Å². The van der Waals surface area contributed by atoms with Gasteiger partial charge in [0.25, 0.3) is 0 Å². The second kappa shape index (κ2) is 2.02. The molecule has 1 saturated carbocycles. The van der Waals surface area contributed by atoms with Gasteiger partial charge >= 0.3 is 0 Å². The normalized spacial score (nSPS) is 35.5. The van der Waals surface area contributed by atoms with Gasteiger partial charge in [-0.3, -0.25) is 0 Å². The first kappa shape index (κ1) is 9.09. The highest BCUT2D eigenvalue weighted by atomic mass is 14.6. The average Bonchev–Trinajstić information content (AvgIpc) is 1.96. The van der Waals surface area contributed by atoms with Crippen LogP contribution in [0.3, 0.4) is 0 Å². The Labute approximate surface area is 71.4 Å². The highest BCUT2D eigenvalue weighted by Crippen LogP contribution is 2.67. The summed E-state index contributed by atoms with van der Waals surface area (Å²) >= 11 is 0. The molecule has 1 atom stereocenters. The second-order valence-electron chi connectivity index (χ2n) is 6.36. The summed E-state index contributed by atoms with van der Waals surface area (Å²) in [7, 11) is 0. The van der Waals surface area contributed by atoms with Gasteiger partial charge in [0.1, 0.15) is 0 Å². The standard InChI is InChI=1S/C11H22/c1-9(2,3)7-11(6)8-10(11,4)5/h7-8H2,1-6H3. The Hall–Kier alpha value is 0. The van der Waals surface area contributed by atoms with Gasteiger partial charge in [-0.25, -0.2) is 0 Å². The zero-order chi connectivity index (χ0) is 8.91. The van der Waals surface area contributed by atoms with Gasteiger partial charge in [-0.15, -0.1) is 0 Å². The molecule has 0 aromatic heterocycles. The van der Waals surface area contributed by atoms with Crippen molar-refractivity contribution in [1.29, 1.82) is 0 Å². The van der Waals surface area contributed by atoms with E-state index in [9.17, 15) is 0 Å². The van der Waals surface area contributed by atoms with Crippen molar-refractivity contribution < 1.29 is 0 Å². The van der Waals surface area contributed by atoms with Crippen molar-refractivity contribution in [3.63, 3.8) is 0 Å². The molecule has 0 spiro atoms. The molecule has 0 bridgehead atoms. The van der Waals surface area contributed by atoms with Gasteiger partial charge in [-0.2, -0.15) is 0 Å². The summed E-state index contributed by atoms with van der Waals surface area (Å²) < 4.78 is 0. The first-order chi connectivity index (χ1) is 4.66. The minimum Gasteiger partial charge on any atom is -0.0602 e. The number of hydrogen-bond donors (Lipinski definition) is 0. The monoisotopic (exact) mass is 154 g/mol. The summed E-state index contributed by atoms with van der Waals surface area (Å²) in [5.41, 5.74) is 1.74. The molecule has 11 heavy (non-hydrogen) atoms. The largest absolute Gasteiger partial charge is 0.0602 e. The van der Waals surface area contributed by atoms with Crippen LogP contribution in [0.15, 0.2) is 0 Å². The predicted octanol–water partition coefficient (Wildman–Crippen LogP) is 3.86. The molecular weight excluding hydrogens is 132 g/mol. The first-order valence-electron chi connectivity index (χ1n) is 4.66. The fourth-order valence-electron chi connectivity index (χ4n) is 2.40. The van der Waals surface area contributed by atoms with E-state index >= 15 is 0 Å². The first-order valence-corrected chi connectivity index (χ1v) is 4.66. The topological polar surface area (TPSA) is 0 Å². The summed E-state index contributed by atoms with van der Waals surface area (Å²) in [6.45, 7) is 14.2. The average molecular weight is 154 g/mol. The summed E-state index contributed by atoms with van der Waals surface area (Å²) in [6.07, 6.45) is 2.78. The number of rotatable bonds is 1. The highest BCUT2D eigenvalue weighted by molar-refractivity contribution is 5.07. The quantitative estimate of drug-likeness (QED) is 0.538. The fourth-order valence-corrected chi connectivity index (χ4v) is 2.40. The molecule has 0 aliphatic heterocycles. The highest BCUT2D eigenvalue weighted by Gasteiger charge is 2.57. The number of hydrogen-bond acceptors (Lipinski definition) is 0. The lowest BCUT2D eigenvalue weighted by atomic mass is 9.80. The van der Waals surface area contributed by atoms with Gasteiger partial charge in [-0.1, -0.05) is 41.5 Å². The van der Waals surface area contributed by atoms with Gasteiger partial charge < -0.3 is 0 Å². The molecule has 0 nitrogen and oxygen atoms in total. The van der Waals surface area contributed by atoms with Crippen LogP contribution in [0.25, 0.3) is 0 Å². The van der Waals surface area contributed by atoms with Crippen molar-refractivity contribution in [3.05, 3.63) is 0 Å². The smallest absolute Gasteiger partial charge is 0.0264 e. The Morgan fingerprint density at radius 3 is 1.55 bits per heavy atom. The van der Waals surface area contributed by atoms with Crippen molar-refractivity contribution in [3.8, 4) is 0 Å². The van der Waals surface area contributed by atoms with E-state index in [0.717, 1.165) is 0 Å². The Morgan fingerprint density at radius 2 is 1.45 bits per heavy atom. The molecular formula is C11H22. The van der Waals surface area contributed by atoms with E-state index in [1.54, 1.807) is 0 Å². The molecule has 0 radical (unpaired) electrons. The van der Waals surface area contributed by atoms with Crippen molar-refractivity contribution in [1.82, 2.24) is 0 Å². The summed E-state index contributed by atoms with van der Waals surface area (Å²) in [4.78, 5) is 0. The Balaban J connectivity index is 2.54.